The summed E-state index contributed by atoms with van der Waals surface area (Å²) in [7, 11) is 3.27. The van der Waals surface area contributed by atoms with Crippen LogP contribution in [-0.2, 0) is 16.0 Å². The molecule has 4 aromatic rings. The standard InChI is InChI=1S/C29H26ClN7O5/c1-36(2)28(40)21-5-3-4-18(14-21)15-24(27(39)32-23-10-6-19(7-11-23)29(41)42)33-26(38)13-8-20-16-22(30)9-12-25(20)37-17-31-34-35-37/h3-14,16-17,24H,15H2,1-2H3,(H,32,39)(H,33,38)(H,41,42). The molecule has 1 unspecified atom stereocenters. The number of carboxylic acid groups (broad SMARTS) is 1. The molecule has 0 saturated carbocycles. The van der Waals surface area contributed by atoms with Crippen molar-refractivity contribution in [2.75, 3.05) is 19.4 Å². The highest BCUT2D eigenvalue weighted by molar-refractivity contribution is 6.30. The van der Waals surface area contributed by atoms with Crippen LogP contribution in [-0.4, -0.2) is 74.0 Å². The molecule has 0 bridgehead atoms. The van der Waals surface area contributed by atoms with Crippen LogP contribution in [0.15, 0.2) is 79.1 Å². The van der Waals surface area contributed by atoms with Crippen LogP contribution in [0, 0.1) is 0 Å². The SMILES string of the molecule is CN(C)C(=O)c1cccc(CC(NC(=O)C=Cc2cc(Cl)ccc2-n2cnnn2)C(=O)Nc2ccc(C(=O)O)cc2)c1. The van der Waals surface area contributed by atoms with Crippen molar-refractivity contribution in [3.8, 4) is 5.69 Å². The number of anilines is 1. The first-order valence-electron chi connectivity index (χ1n) is 12.6. The molecule has 1 heterocycles. The number of carboxylic acids is 1. The lowest BCUT2D eigenvalue weighted by molar-refractivity contribution is -0.123. The number of aromatic carboxylic acids is 1. The second-order valence-electron chi connectivity index (χ2n) is 9.33. The Hall–Kier alpha value is -5.36. The molecular formula is C29H26ClN7O5. The topological polar surface area (TPSA) is 159 Å². The molecular weight excluding hydrogens is 562 g/mol. The maximum atomic E-state index is 13.3. The number of nitrogens with zero attached hydrogens (tertiary/aromatic N) is 5. The lowest BCUT2D eigenvalue weighted by atomic mass is 10.0. The van der Waals surface area contributed by atoms with Crippen molar-refractivity contribution in [3.05, 3.63) is 106 Å². The summed E-state index contributed by atoms with van der Waals surface area (Å²) in [5.41, 5.74) is 2.62. The number of carbonyl (C=O) groups is 4. The summed E-state index contributed by atoms with van der Waals surface area (Å²) < 4.78 is 1.42. The van der Waals surface area contributed by atoms with Gasteiger partial charge in [-0.25, -0.2) is 4.79 Å². The molecule has 1 atom stereocenters. The summed E-state index contributed by atoms with van der Waals surface area (Å²) in [5.74, 6) is -2.41. The van der Waals surface area contributed by atoms with E-state index in [9.17, 15) is 19.2 Å². The molecule has 0 fully saturated rings. The predicted molar refractivity (Wildman–Crippen MR) is 155 cm³/mol. The average molecular weight is 588 g/mol. The summed E-state index contributed by atoms with van der Waals surface area (Å²) in [6, 6.07) is 16.4. The van der Waals surface area contributed by atoms with Crippen molar-refractivity contribution in [3.63, 3.8) is 0 Å². The Morgan fingerprint density at radius 3 is 2.45 bits per heavy atom. The molecule has 42 heavy (non-hydrogen) atoms. The van der Waals surface area contributed by atoms with Crippen LogP contribution in [0.5, 0.6) is 0 Å². The fourth-order valence-electron chi connectivity index (χ4n) is 3.98. The molecule has 12 nitrogen and oxygen atoms in total. The molecule has 0 aliphatic heterocycles. The van der Waals surface area contributed by atoms with Gasteiger partial charge in [-0.15, -0.1) is 5.10 Å². The summed E-state index contributed by atoms with van der Waals surface area (Å²) in [5, 5.41) is 26.1. The van der Waals surface area contributed by atoms with Gasteiger partial charge in [0.15, 0.2) is 0 Å². The molecule has 3 N–H and O–H groups in total. The molecule has 0 aliphatic rings. The van der Waals surface area contributed by atoms with Crippen LogP contribution in [0.25, 0.3) is 11.8 Å². The van der Waals surface area contributed by atoms with E-state index in [1.54, 1.807) is 56.6 Å². The number of benzene rings is 3. The number of tetrazole rings is 1. The monoisotopic (exact) mass is 587 g/mol. The van der Waals surface area contributed by atoms with E-state index < -0.39 is 23.8 Å². The summed E-state index contributed by atoms with van der Waals surface area (Å²) in [6.07, 6.45) is 4.25. The second kappa shape index (κ2) is 13.3. The smallest absolute Gasteiger partial charge is 0.335 e. The molecule has 0 saturated heterocycles. The Balaban J connectivity index is 1.57. The third kappa shape index (κ3) is 7.64. The normalized spacial score (nSPS) is 11.6. The Morgan fingerprint density at radius 2 is 1.79 bits per heavy atom. The van der Waals surface area contributed by atoms with E-state index in [1.807, 2.05) is 0 Å². The van der Waals surface area contributed by atoms with E-state index >= 15 is 0 Å². The van der Waals surface area contributed by atoms with Crippen LogP contribution in [0.4, 0.5) is 5.69 Å². The van der Waals surface area contributed by atoms with E-state index in [0.717, 1.165) is 0 Å². The minimum Gasteiger partial charge on any atom is -0.478 e. The van der Waals surface area contributed by atoms with Gasteiger partial charge < -0.3 is 20.6 Å². The first-order chi connectivity index (χ1) is 20.1. The number of hydrogen-bond acceptors (Lipinski definition) is 7. The third-order valence-corrected chi connectivity index (χ3v) is 6.29. The van der Waals surface area contributed by atoms with E-state index in [1.165, 1.54) is 52.3 Å². The molecule has 214 valence electrons. The molecule has 4 rings (SSSR count). The molecule has 0 radical (unpaired) electrons. The highest BCUT2D eigenvalue weighted by Crippen LogP contribution is 2.20. The number of aromatic nitrogens is 4. The second-order valence-corrected chi connectivity index (χ2v) is 9.76. The Morgan fingerprint density at radius 1 is 1.02 bits per heavy atom. The predicted octanol–water partition coefficient (Wildman–Crippen LogP) is 3.10. The largest absolute Gasteiger partial charge is 0.478 e. The summed E-state index contributed by atoms with van der Waals surface area (Å²) in [6.45, 7) is 0. The van der Waals surface area contributed by atoms with E-state index in [4.69, 9.17) is 16.7 Å². The number of rotatable bonds is 10. The van der Waals surface area contributed by atoms with Gasteiger partial charge in [-0.3, -0.25) is 14.4 Å². The lowest BCUT2D eigenvalue weighted by Crippen LogP contribution is -2.44. The van der Waals surface area contributed by atoms with E-state index in [-0.39, 0.29) is 17.9 Å². The van der Waals surface area contributed by atoms with Crippen molar-refractivity contribution in [1.82, 2.24) is 30.4 Å². The van der Waals surface area contributed by atoms with Gasteiger partial charge in [0, 0.05) is 48.4 Å². The zero-order valence-electron chi connectivity index (χ0n) is 22.6. The van der Waals surface area contributed by atoms with Crippen molar-refractivity contribution in [2.24, 2.45) is 0 Å². The van der Waals surface area contributed by atoms with Crippen molar-refractivity contribution in [2.45, 2.75) is 12.5 Å². The number of halogens is 1. The number of hydrogen-bond donors (Lipinski definition) is 3. The molecule has 0 aliphatic carbocycles. The maximum absolute atomic E-state index is 13.3. The van der Waals surface area contributed by atoms with Crippen LogP contribution in [0.1, 0.15) is 31.8 Å². The van der Waals surface area contributed by atoms with Gasteiger partial charge in [-0.2, -0.15) is 4.68 Å². The van der Waals surface area contributed by atoms with Gasteiger partial charge in [-0.05, 0) is 76.7 Å². The Bertz CT molecular complexity index is 1640. The highest BCUT2D eigenvalue weighted by atomic mass is 35.5. The van der Waals surface area contributed by atoms with Gasteiger partial charge in [0.1, 0.15) is 12.4 Å². The first-order valence-corrected chi connectivity index (χ1v) is 12.9. The van der Waals surface area contributed by atoms with Crippen LogP contribution >= 0.6 is 11.6 Å². The molecule has 1 aromatic heterocycles. The summed E-state index contributed by atoms with van der Waals surface area (Å²) >= 11 is 6.16. The fraction of sp³-hybridized carbons (Fsp3) is 0.138. The van der Waals surface area contributed by atoms with Gasteiger partial charge in [0.05, 0.1) is 11.3 Å². The Labute approximate surface area is 245 Å². The zero-order valence-corrected chi connectivity index (χ0v) is 23.3. The minimum atomic E-state index is -1.10. The van der Waals surface area contributed by atoms with Crippen LogP contribution in [0.2, 0.25) is 5.02 Å². The van der Waals surface area contributed by atoms with Gasteiger partial charge in [0.2, 0.25) is 11.8 Å². The van der Waals surface area contributed by atoms with Gasteiger partial charge in [-0.1, -0.05) is 23.7 Å². The number of amides is 3. The molecule has 3 aromatic carbocycles. The van der Waals surface area contributed by atoms with Gasteiger partial charge >= 0.3 is 5.97 Å². The fourth-order valence-corrected chi connectivity index (χ4v) is 4.17. The van der Waals surface area contributed by atoms with E-state index in [2.05, 4.69) is 26.2 Å². The van der Waals surface area contributed by atoms with Crippen LogP contribution < -0.4 is 10.6 Å². The van der Waals surface area contributed by atoms with Gasteiger partial charge in [0.25, 0.3) is 5.91 Å². The first kappa shape index (κ1) is 29.6. The van der Waals surface area contributed by atoms with Crippen molar-refractivity contribution >= 4 is 47.1 Å². The maximum Gasteiger partial charge on any atom is 0.335 e. The highest BCUT2D eigenvalue weighted by Gasteiger charge is 2.22. The lowest BCUT2D eigenvalue weighted by Gasteiger charge is -2.19. The quantitative estimate of drug-likeness (QED) is 0.239. The third-order valence-electron chi connectivity index (χ3n) is 6.05. The van der Waals surface area contributed by atoms with Crippen molar-refractivity contribution in [1.29, 1.82) is 0 Å². The molecule has 0 spiro atoms. The molecule has 3 amide bonds. The number of carbonyl (C=O) groups excluding carboxylic acids is 3. The average Bonchev–Trinajstić information content (AvgIpc) is 3.50. The zero-order chi connectivity index (χ0) is 30.2. The van der Waals surface area contributed by atoms with E-state index in [0.29, 0.717) is 33.1 Å². The molecule has 13 heteroatoms. The Kier molecular flexibility index (Phi) is 9.40. The minimum absolute atomic E-state index is 0.0624. The van der Waals surface area contributed by atoms with Crippen molar-refractivity contribution < 1.29 is 24.3 Å². The summed E-state index contributed by atoms with van der Waals surface area (Å²) in [4.78, 5) is 51.5. The number of nitrogens with one attached hydrogen (secondary N) is 2. The van der Waals surface area contributed by atoms with Crippen LogP contribution in [0.3, 0.4) is 0 Å².